The van der Waals surface area contributed by atoms with Crippen molar-refractivity contribution in [3.05, 3.63) is 54.2 Å². The van der Waals surface area contributed by atoms with Crippen molar-refractivity contribution in [2.75, 3.05) is 31.4 Å². The van der Waals surface area contributed by atoms with Gasteiger partial charge < -0.3 is 20.1 Å². The molecule has 0 bridgehead atoms. The lowest BCUT2D eigenvalue weighted by atomic mass is 9.90. The monoisotopic (exact) mass is 525 g/mol. The number of pyridine rings is 2. The van der Waals surface area contributed by atoms with E-state index in [-0.39, 0.29) is 21.8 Å². The smallest absolute Gasteiger partial charge is 0.268 e. The van der Waals surface area contributed by atoms with Crippen molar-refractivity contribution >= 4 is 27.6 Å². The van der Waals surface area contributed by atoms with Gasteiger partial charge in [-0.1, -0.05) is 6.92 Å². The molecule has 1 amide bonds. The first-order valence-electron chi connectivity index (χ1n) is 11.8. The molecule has 0 radical (unpaired) electrons. The van der Waals surface area contributed by atoms with E-state index in [1.165, 1.54) is 18.3 Å². The number of nitrogens with two attached hydrogens (primary N) is 1. The van der Waals surface area contributed by atoms with Gasteiger partial charge in [-0.15, -0.1) is 0 Å². The third-order valence-corrected chi connectivity index (χ3v) is 8.40. The van der Waals surface area contributed by atoms with Crippen LogP contribution in [0.15, 0.2) is 53.6 Å². The van der Waals surface area contributed by atoms with Crippen LogP contribution in [0, 0.1) is 5.92 Å². The van der Waals surface area contributed by atoms with Gasteiger partial charge in [0.1, 0.15) is 28.0 Å². The standard InChI is InChI=1S/C26H31N5O5S/c1-16-10-12-31(26(16,2)3)24-20(25(32)30-37(33,34)22-7-6-11-28-23(22)27)8-9-21(29-24)17-13-18(35-4)15-19(14-17)36-5/h6-9,11,13-16H,10,12H2,1-5H3,(H2,27,28)(H,30,32). The van der Waals surface area contributed by atoms with E-state index in [4.69, 9.17) is 20.2 Å². The first-order chi connectivity index (χ1) is 17.5. The Hall–Kier alpha value is -3.86. The minimum absolute atomic E-state index is 0.131. The van der Waals surface area contributed by atoms with Gasteiger partial charge in [0.05, 0.1) is 25.5 Å². The normalized spacial score (nSPS) is 16.9. The number of hydrogen-bond acceptors (Lipinski definition) is 9. The van der Waals surface area contributed by atoms with E-state index >= 15 is 0 Å². The maximum atomic E-state index is 13.4. The summed E-state index contributed by atoms with van der Waals surface area (Å²) < 4.78 is 38.9. The summed E-state index contributed by atoms with van der Waals surface area (Å²) in [4.78, 5) is 23.9. The minimum Gasteiger partial charge on any atom is -0.497 e. The Kier molecular flexibility index (Phi) is 7.00. The van der Waals surface area contributed by atoms with Crippen LogP contribution in [0.25, 0.3) is 11.3 Å². The quantitative estimate of drug-likeness (QED) is 0.475. The molecule has 1 fully saturated rings. The Labute approximate surface area is 216 Å². The maximum Gasteiger partial charge on any atom is 0.268 e. The largest absolute Gasteiger partial charge is 0.497 e. The van der Waals surface area contributed by atoms with Gasteiger partial charge in [-0.3, -0.25) is 4.79 Å². The van der Waals surface area contributed by atoms with Crippen LogP contribution in [-0.4, -0.2) is 50.6 Å². The minimum atomic E-state index is -4.26. The molecule has 1 aliphatic heterocycles. The molecule has 3 N–H and O–H groups in total. The van der Waals surface area contributed by atoms with Crippen LogP contribution < -0.4 is 24.8 Å². The molecule has 10 nitrogen and oxygen atoms in total. The van der Waals surface area contributed by atoms with Crippen molar-refractivity contribution in [3.8, 4) is 22.8 Å². The second-order valence-corrected chi connectivity index (χ2v) is 11.1. The SMILES string of the molecule is COc1cc(OC)cc(-c2ccc(C(=O)NS(=O)(=O)c3cccnc3N)c(N3CCC(C)C3(C)C)n2)c1. The number of rotatable bonds is 7. The highest BCUT2D eigenvalue weighted by molar-refractivity contribution is 7.90. The lowest BCUT2D eigenvalue weighted by molar-refractivity contribution is 0.0981. The third-order valence-electron chi connectivity index (χ3n) is 7.03. The van der Waals surface area contributed by atoms with Crippen molar-refractivity contribution in [1.82, 2.24) is 14.7 Å². The lowest BCUT2D eigenvalue weighted by Gasteiger charge is -2.36. The fraction of sp³-hybridized carbons (Fsp3) is 0.346. The highest BCUT2D eigenvalue weighted by Crippen LogP contribution is 2.40. The Balaban J connectivity index is 1.81. The molecular weight excluding hydrogens is 494 g/mol. The summed E-state index contributed by atoms with van der Waals surface area (Å²) in [7, 11) is -1.14. The molecule has 4 rings (SSSR count). The molecule has 0 spiro atoms. The number of nitrogen functional groups attached to an aromatic ring is 1. The summed E-state index contributed by atoms with van der Waals surface area (Å²) in [6.07, 6.45) is 2.28. The molecule has 1 saturated heterocycles. The van der Waals surface area contributed by atoms with E-state index in [2.05, 4.69) is 35.4 Å². The number of ether oxygens (including phenoxy) is 2. The number of methoxy groups -OCH3 is 2. The van der Waals surface area contributed by atoms with Crippen LogP contribution in [0.3, 0.4) is 0 Å². The van der Waals surface area contributed by atoms with Crippen molar-refractivity contribution in [2.45, 2.75) is 37.6 Å². The predicted octanol–water partition coefficient (Wildman–Crippen LogP) is 3.49. The number of amides is 1. The van der Waals surface area contributed by atoms with E-state index < -0.39 is 15.9 Å². The van der Waals surface area contributed by atoms with E-state index in [0.717, 1.165) is 12.0 Å². The zero-order chi connectivity index (χ0) is 27.0. The Morgan fingerprint density at radius 1 is 1.14 bits per heavy atom. The number of sulfonamides is 1. The molecule has 1 aromatic carbocycles. The third kappa shape index (κ3) is 5.04. The van der Waals surface area contributed by atoms with Gasteiger partial charge in [-0.05, 0) is 62.6 Å². The predicted molar refractivity (Wildman–Crippen MR) is 141 cm³/mol. The molecule has 0 saturated carbocycles. The fourth-order valence-corrected chi connectivity index (χ4v) is 5.47. The molecule has 11 heteroatoms. The Morgan fingerprint density at radius 2 is 1.81 bits per heavy atom. The molecular formula is C26H31N5O5S. The first kappa shape index (κ1) is 26.2. The number of benzene rings is 1. The van der Waals surface area contributed by atoms with E-state index in [9.17, 15) is 13.2 Å². The van der Waals surface area contributed by atoms with Crippen LogP contribution in [0.2, 0.25) is 0 Å². The van der Waals surface area contributed by atoms with Crippen molar-refractivity contribution in [1.29, 1.82) is 0 Å². The summed E-state index contributed by atoms with van der Waals surface area (Å²) in [6, 6.07) is 11.4. The molecule has 2 aromatic heterocycles. The van der Waals surface area contributed by atoms with Gasteiger partial charge in [-0.25, -0.2) is 23.1 Å². The lowest BCUT2D eigenvalue weighted by Crippen LogP contribution is -2.43. The van der Waals surface area contributed by atoms with Crippen LogP contribution in [0.1, 0.15) is 37.6 Å². The molecule has 0 aliphatic carbocycles. The average Bonchev–Trinajstić information content (AvgIpc) is 3.14. The number of carbonyl (C=O) groups is 1. The first-order valence-corrected chi connectivity index (χ1v) is 13.3. The molecule has 37 heavy (non-hydrogen) atoms. The van der Waals surface area contributed by atoms with E-state index in [1.807, 2.05) is 12.1 Å². The number of hydrogen-bond donors (Lipinski definition) is 2. The molecule has 1 aliphatic rings. The van der Waals surface area contributed by atoms with Gasteiger partial charge >= 0.3 is 0 Å². The molecule has 1 atom stereocenters. The average molecular weight is 526 g/mol. The second kappa shape index (κ2) is 9.89. The van der Waals surface area contributed by atoms with Gasteiger partial charge in [0, 0.05) is 29.9 Å². The van der Waals surface area contributed by atoms with Crippen LogP contribution in [0.5, 0.6) is 11.5 Å². The van der Waals surface area contributed by atoms with Gasteiger partial charge in [0.25, 0.3) is 15.9 Å². The van der Waals surface area contributed by atoms with Crippen molar-refractivity contribution in [2.24, 2.45) is 5.92 Å². The fourth-order valence-electron chi connectivity index (χ4n) is 4.42. The second-order valence-electron chi connectivity index (χ2n) is 9.49. The number of anilines is 2. The topological polar surface area (TPSA) is 137 Å². The highest BCUT2D eigenvalue weighted by atomic mass is 32.2. The van der Waals surface area contributed by atoms with E-state index in [0.29, 0.717) is 35.5 Å². The van der Waals surface area contributed by atoms with Gasteiger partial charge in [-0.2, -0.15) is 0 Å². The van der Waals surface area contributed by atoms with Crippen LogP contribution in [0.4, 0.5) is 11.6 Å². The highest BCUT2D eigenvalue weighted by Gasteiger charge is 2.41. The zero-order valence-electron chi connectivity index (χ0n) is 21.5. The van der Waals surface area contributed by atoms with E-state index in [1.54, 1.807) is 32.4 Å². The Morgan fingerprint density at radius 3 is 2.38 bits per heavy atom. The number of nitrogens with one attached hydrogen (secondary N) is 1. The van der Waals surface area contributed by atoms with Crippen LogP contribution in [-0.2, 0) is 10.0 Å². The summed E-state index contributed by atoms with van der Waals surface area (Å²) in [5, 5.41) is 0. The summed E-state index contributed by atoms with van der Waals surface area (Å²) in [5.41, 5.74) is 6.87. The molecule has 3 heterocycles. The van der Waals surface area contributed by atoms with Crippen molar-refractivity contribution < 1.29 is 22.7 Å². The number of aromatic nitrogens is 2. The number of carbonyl (C=O) groups excluding carboxylic acids is 1. The van der Waals surface area contributed by atoms with Gasteiger partial charge in [0.15, 0.2) is 0 Å². The van der Waals surface area contributed by atoms with Crippen molar-refractivity contribution in [3.63, 3.8) is 0 Å². The van der Waals surface area contributed by atoms with Gasteiger partial charge in [0.2, 0.25) is 0 Å². The molecule has 196 valence electrons. The summed E-state index contributed by atoms with van der Waals surface area (Å²) >= 11 is 0. The Bertz CT molecular complexity index is 1420. The summed E-state index contributed by atoms with van der Waals surface area (Å²) in [6.45, 7) is 6.98. The zero-order valence-corrected chi connectivity index (χ0v) is 22.3. The number of nitrogens with zero attached hydrogens (tertiary/aromatic N) is 3. The maximum absolute atomic E-state index is 13.4. The molecule has 1 unspecified atom stereocenters. The molecule has 3 aromatic rings. The van der Waals surface area contributed by atoms with Crippen LogP contribution >= 0.6 is 0 Å². The summed E-state index contributed by atoms with van der Waals surface area (Å²) in [5.74, 6) is 0.892.